The van der Waals surface area contributed by atoms with E-state index in [2.05, 4.69) is 0 Å². The van der Waals surface area contributed by atoms with E-state index in [0.29, 0.717) is 0 Å². The molecule has 0 unspecified atom stereocenters. The van der Waals surface area contributed by atoms with Gasteiger partial charge in [0.1, 0.15) is 11.1 Å². The molecule has 0 N–H and O–H groups in total. The van der Waals surface area contributed by atoms with E-state index < -0.39 is 26.7 Å². The topological polar surface area (TPSA) is 51.2 Å². The van der Waals surface area contributed by atoms with Gasteiger partial charge in [-0.1, -0.05) is 19.1 Å². The van der Waals surface area contributed by atoms with Gasteiger partial charge in [-0.3, -0.25) is 4.79 Å². The molecule has 1 aromatic carbocycles. The lowest BCUT2D eigenvalue weighted by molar-refractivity contribution is 0.0991. The average molecular weight is 244 g/mol. The predicted molar refractivity (Wildman–Crippen MR) is 59.7 cm³/mol. The molecule has 0 spiro atoms. The summed E-state index contributed by atoms with van der Waals surface area (Å²) in [4.78, 5) is 11.8. The molecule has 0 amide bonds. The van der Waals surface area contributed by atoms with E-state index in [1.807, 2.05) is 0 Å². The van der Waals surface area contributed by atoms with Gasteiger partial charge in [0, 0.05) is 11.3 Å². The van der Waals surface area contributed by atoms with Gasteiger partial charge in [0.25, 0.3) is 0 Å². The van der Waals surface area contributed by atoms with Crippen LogP contribution < -0.4 is 0 Å². The summed E-state index contributed by atoms with van der Waals surface area (Å²) in [6.07, 6.45) is 0. The van der Waals surface area contributed by atoms with Crippen LogP contribution in [0.25, 0.3) is 0 Å². The number of Topliss-reactive ketones (excluding diaryl/α,β-unsaturated/α-hetero) is 1. The minimum atomic E-state index is -3.43. The average Bonchev–Trinajstić information content (AvgIpc) is 2.27. The fourth-order valence-electron chi connectivity index (χ4n) is 1.29. The molecule has 0 aliphatic heterocycles. The molecular weight excluding hydrogens is 231 g/mol. The number of sulfone groups is 1. The third kappa shape index (κ3) is 2.66. The maximum Gasteiger partial charge on any atom is 0.180 e. The van der Waals surface area contributed by atoms with Crippen LogP contribution >= 0.6 is 0 Å². The van der Waals surface area contributed by atoms with Gasteiger partial charge >= 0.3 is 0 Å². The first kappa shape index (κ1) is 12.8. The van der Waals surface area contributed by atoms with E-state index in [1.165, 1.54) is 32.0 Å². The number of halogens is 1. The summed E-state index contributed by atoms with van der Waals surface area (Å²) in [7, 11) is -3.43. The molecule has 0 fully saturated rings. The van der Waals surface area contributed by atoms with Gasteiger partial charge in [-0.05, 0) is 19.1 Å². The van der Waals surface area contributed by atoms with Crippen molar-refractivity contribution in [1.29, 1.82) is 0 Å². The molecule has 88 valence electrons. The summed E-state index contributed by atoms with van der Waals surface area (Å²) < 4.78 is 35.8. The number of hydrogen-bond acceptors (Lipinski definition) is 3. The predicted octanol–water partition coefficient (Wildman–Crippen LogP) is 1.83. The zero-order valence-corrected chi connectivity index (χ0v) is 9.92. The van der Waals surface area contributed by atoms with Crippen LogP contribution in [-0.2, 0) is 9.84 Å². The molecule has 0 bridgehead atoms. The van der Waals surface area contributed by atoms with Crippen LogP contribution in [0.5, 0.6) is 0 Å². The van der Waals surface area contributed by atoms with Crippen LogP contribution in [-0.4, -0.2) is 25.2 Å². The molecule has 0 saturated heterocycles. The highest BCUT2D eigenvalue weighted by Crippen LogP contribution is 2.12. The number of hydrogen-bond donors (Lipinski definition) is 0. The van der Waals surface area contributed by atoms with Crippen molar-refractivity contribution in [2.45, 2.75) is 19.1 Å². The molecule has 0 radical (unpaired) electrons. The number of rotatable bonds is 4. The Balaban J connectivity index is 3.04. The summed E-state index contributed by atoms with van der Waals surface area (Å²) in [5, 5.41) is -1.13. The first-order valence-corrected chi connectivity index (χ1v) is 6.61. The SMILES string of the molecule is CCS(=O)(=O)[C@H](C)C(=O)c1cccc(F)c1. The molecule has 16 heavy (non-hydrogen) atoms. The molecule has 1 rings (SSSR count). The van der Waals surface area contributed by atoms with Crippen molar-refractivity contribution in [3.8, 4) is 0 Å². The molecule has 3 nitrogen and oxygen atoms in total. The minimum absolute atomic E-state index is 0.0875. The third-order valence-corrected chi connectivity index (χ3v) is 4.52. The van der Waals surface area contributed by atoms with E-state index >= 15 is 0 Å². The molecule has 0 aliphatic rings. The standard InChI is InChI=1S/C11H13FO3S/c1-3-16(14,15)8(2)11(13)9-5-4-6-10(12)7-9/h4-8H,3H2,1-2H3/t8-/m1/s1. The van der Waals surface area contributed by atoms with Gasteiger partial charge in [0.05, 0.1) is 0 Å². The Bertz CT molecular complexity index is 494. The zero-order valence-electron chi connectivity index (χ0n) is 9.10. The van der Waals surface area contributed by atoms with Crippen molar-refractivity contribution in [1.82, 2.24) is 0 Å². The minimum Gasteiger partial charge on any atom is -0.293 e. The number of benzene rings is 1. The Morgan fingerprint density at radius 3 is 2.56 bits per heavy atom. The Labute approximate surface area is 94.2 Å². The summed E-state index contributed by atoms with van der Waals surface area (Å²) in [5.74, 6) is -1.22. The number of carbonyl (C=O) groups is 1. The first-order valence-electron chi connectivity index (χ1n) is 4.90. The van der Waals surface area contributed by atoms with Gasteiger partial charge in [-0.2, -0.15) is 0 Å². The van der Waals surface area contributed by atoms with Gasteiger partial charge in [-0.15, -0.1) is 0 Å². The number of ketones is 1. The molecule has 0 saturated carbocycles. The van der Waals surface area contributed by atoms with Gasteiger partial charge < -0.3 is 0 Å². The largest absolute Gasteiger partial charge is 0.293 e. The maximum atomic E-state index is 12.9. The Hall–Kier alpha value is -1.23. The normalized spacial score (nSPS) is 13.4. The third-order valence-electron chi connectivity index (χ3n) is 2.42. The fourth-order valence-corrected chi connectivity index (χ4v) is 2.25. The van der Waals surface area contributed by atoms with Gasteiger partial charge in [0.15, 0.2) is 15.6 Å². The highest BCUT2D eigenvalue weighted by Gasteiger charge is 2.27. The molecule has 0 aromatic heterocycles. The van der Waals surface area contributed by atoms with E-state index in [0.717, 1.165) is 6.07 Å². The molecule has 0 aliphatic carbocycles. The monoisotopic (exact) mass is 244 g/mol. The van der Waals surface area contributed by atoms with Crippen LogP contribution in [0.15, 0.2) is 24.3 Å². The van der Waals surface area contributed by atoms with E-state index in [1.54, 1.807) is 0 Å². The Morgan fingerprint density at radius 1 is 1.44 bits per heavy atom. The molecular formula is C11H13FO3S. The van der Waals surface area contributed by atoms with E-state index in [4.69, 9.17) is 0 Å². The van der Waals surface area contributed by atoms with E-state index in [9.17, 15) is 17.6 Å². The molecule has 0 heterocycles. The van der Waals surface area contributed by atoms with Crippen LogP contribution in [0.4, 0.5) is 4.39 Å². The van der Waals surface area contributed by atoms with Crippen molar-refractivity contribution in [2.75, 3.05) is 5.75 Å². The number of carbonyl (C=O) groups excluding carboxylic acids is 1. The second-order valence-electron chi connectivity index (χ2n) is 3.47. The zero-order chi connectivity index (χ0) is 12.3. The van der Waals surface area contributed by atoms with Crippen molar-refractivity contribution >= 4 is 15.6 Å². The maximum absolute atomic E-state index is 12.9. The summed E-state index contributed by atoms with van der Waals surface area (Å²) in [6.45, 7) is 2.80. The highest BCUT2D eigenvalue weighted by atomic mass is 32.2. The smallest absolute Gasteiger partial charge is 0.180 e. The van der Waals surface area contributed by atoms with Crippen molar-refractivity contribution < 1.29 is 17.6 Å². The molecule has 1 aromatic rings. The fraction of sp³-hybridized carbons (Fsp3) is 0.364. The van der Waals surface area contributed by atoms with Gasteiger partial charge in [0.2, 0.25) is 0 Å². The molecule has 5 heteroatoms. The van der Waals surface area contributed by atoms with Crippen LogP contribution in [0.1, 0.15) is 24.2 Å². The van der Waals surface area contributed by atoms with Crippen molar-refractivity contribution in [3.63, 3.8) is 0 Å². The Morgan fingerprint density at radius 2 is 2.06 bits per heavy atom. The summed E-state index contributed by atoms with van der Waals surface area (Å²) in [6, 6.07) is 5.04. The van der Waals surface area contributed by atoms with E-state index in [-0.39, 0.29) is 11.3 Å². The molecule has 1 atom stereocenters. The van der Waals surface area contributed by atoms with Crippen molar-refractivity contribution in [3.05, 3.63) is 35.6 Å². The lowest BCUT2D eigenvalue weighted by atomic mass is 10.1. The highest BCUT2D eigenvalue weighted by molar-refractivity contribution is 7.92. The van der Waals surface area contributed by atoms with Crippen LogP contribution in [0.2, 0.25) is 0 Å². The first-order chi connectivity index (χ1) is 7.38. The Kier molecular flexibility index (Phi) is 3.80. The quantitative estimate of drug-likeness (QED) is 0.759. The summed E-state index contributed by atoms with van der Waals surface area (Å²) >= 11 is 0. The summed E-state index contributed by atoms with van der Waals surface area (Å²) in [5.41, 5.74) is 0.0875. The second-order valence-corrected chi connectivity index (χ2v) is 6.08. The lowest BCUT2D eigenvalue weighted by Crippen LogP contribution is -2.28. The lowest BCUT2D eigenvalue weighted by Gasteiger charge is -2.10. The van der Waals surface area contributed by atoms with Crippen LogP contribution in [0, 0.1) is 5.82 Å². The van der Waals surface area contributed by atoms with Gasteiger partial charge in [-0.25, -0.2) is 12.8 Å². The van der Waals surface area contributed by atoms with Crippen LogP contribution in [0.3, 0.4) is 0 Å². The second kappa shape index (κ2) is 4.74. The van der Waals surface area contributed by atoms with Crippen molar-refractivity contribution in [2.24, 2.45) is 0 Å².